The number of halogens is 2. The van der Waals surface area contributed by atoms with Crippen LogP contribution >= 0.6 is 23.2 Å². The van der Waals surface area contributed by atoms with Gasteiger partial charge in [0.2, 0.25) is 5.91 Å². The third-order valence-corrected chi connectivity index (χ3v) is 7.98. The molecule has 2 amide bonds. The highest BCUT2D eigenvalue weighted by Crippen LogP contribution is 2.24. The number of hydrogen-bond acceptors (Lipinski definition) is 9. The smallest absolute Gasteiger partial charge is 0.407 e. The second-order valence-corrected chi connectivity index (χ2v) is 11.7. The summed E-state index contributed by atoms with van der Waals surface area (Å²) in [6.45, 7) is 12.7. The maximum atomic E-state index is 13.3. The topological polar surface area (TPSA) is 108 Å². The van der Waals surface area contributed by atoms with E-state index in [4.69, 9.17) is 51.6 Å². The molecular formula is C34H51Cl2N3O8. The first-order chi connectivity index (χ1) is 22.7. The molecule has 0 unspecified atom stereocenters. The van der Waals surface area contributed by atoms with Crippen LogP contribution in [0.4, 0.5) is 4.79 Å². The molecule has 1 fully saturated rings. The summed E-state index contributed by atoms with van der Waals surface area (Å²) in [5.41, 5.74) is 1.58. The van der Waals surface area contributed by atoms with E-state index in [2.05, 4.69) is 16.8 Å². The van der Waals surface area contributed by atoms with Crippen molar-refractivity contribution in [3.63, 3.8) is 0 Å². The van der Waals surface area contributed by atoms with Crippen LogP contribution in [0.25, 0.3) is 0 Å². The van der Waals surface area contributed by atoms with Gasteiger partial charge in [0.05, 0.1) is 82.0 Å². The van der Waals surface area contributed by atoms with Gasteiger partial charge in [-0.05, 0) is 36.6 Å². The van der Waals surface area contributed by atoms with Crippen LogP contribution in [-0.2, 0) is 39.6 Å². The Bertz CT molecular complexity index is 1140. The van der Waals surface area contributed by atoms with Crippen molar-refractivity contribution in [1.29, 1.82) is 0 Å². The van der Waals surface area contributed by atoms with Gasteiger partial charge in [0.25, 0.3) is 0 Å². The van der Waals surface area contributed by atoms with Crippen molar-refractivity contribution in [2.75, 3.05) is 99.8 Å². The van der Waals surface area contributed by atoms with Crippen molar-refractivity contribution in [2.24, 2.45) is 0 Å². The molecule has 11 nitrogen and oxygen atoms in total. The number of allylic oxidation sites excluding steroid dienone is 3. The molecule has 1 N–H and O–H groups in total. The first-order valence-electron chi connectivity index (χ1n) is 15.9. The number of hydrogen-bond donors (Lipinski definition) is 1. The van der Waals surface area contributed by atoms with Gasteiger partial charge in [-0.1, -0.05) is 60.2 Å². The maximum Gasteiger partial charge on any atom is 0.407 e. The zero-order chi connectivity index (χ0) is 34.3. The number of nitrogens with one attached hydrogen (secondary N) is 1. The molecule has 2 atom stereocenters. The largest absolute Gasteiger partial charge is 0.445 e. The van der Waals surface area contributed by atoms with Gasteiger partial charge in [-0.2, -0.15) is 0 Å². The first kappa shape index (κ1) is 40.7. The summed E-state index contributed by atoms with van der Waals surface area (Å²) in [7, 11) is 3.41. The van der Waals surface area contributed by atoms with Crippen LogP contribution in [0.3, 0.4) is 0 Å². The van der Waals surface area contributed by atoms with Crippen molar-refractivity contribution >= 4 is 35.2 Å². The Morgan fingerprint density at radius 2 is 1.64 bits per heavy atom. The third kappa shape index (κ3) is 17.5. The standard InChI is InChI=1S/C34H51Cl2N3O8/c1-5-6-7-8-27(2)32(38(3)33(40)24-28-9-10-30(35)31(36)23-28)26-39-13-11-29(25-39)47-34(41)37-12-14-43-17-18-45-21-22-46-20-19-44-16-15-42-4/h5-10,23,29,32H,2,11-22,24-26H2,1,3-4H3,(H,37,41)/b6-5-,8-7-/t29-,32+/m0/s1. The highest BCUT2D eigenvalue weighted by Gasteiger charge is 2.30. The fraction of sp³-hybridized carbons (Fsp3) is 0.588. The number of carbonyl (C=O) groups is 2. The van der Waals surface area contributed by atoms with E-state index in [0.29, 0.717) is 95.6 Å². The van der Waals surface area contributed by atoms with E-state index in [9.17, 15) is 9.59 Å². The van der Waals surface area contributed by atoms with Gasteiger partial charge < -0.3 is 38.6 Å². The number of rotatable bonds is 24. The molecule has 0 aliphatic carbocycles. The molecule has 1 aliphatic heterocycles. The fourth-order valence-corrected chi connectivity index (χ4v) is 4.96. The number of likely N-dealkylation sites (tertiary alicyclic amines) is 1. The average Bonchev–Trinajstić information content (AvgIpc) is 3.49. The lowest BCUT2D eigenvalue weighted by Gasteiger charge is -2.32. The van der Waals surface area contributed by atoms with Gasteiger partial charge in [-0.15, -0.1) is 0 Å². The Kier molecular flexibility index (Phi) is 21.3. The van der Waals surface area contributed by atoms with Crippen molar-refractivity contribution in [3.05, 3.63) is 70.3 Å². The minimum Gasteiger partial charge on any atom is -0.445 e. The molecule has 0 spiro atoms. The molecule has 1 aliphatic rings. The van der Waals surface area contributed by atoms with Crippen molar-refractivity contribution in [2.45, 2.75) is 31.9 Å². The molecule has 2 rings (SSSR count). The van der Waals surface area contributed by atoms with Crippen molar-refractivity contribution < 1.29 is 38.0 Å². The number of nitrogens with zero attached hydrogens (tertiary/aromatic N) is 2. The van der Waals surface area contributed by atoms with Crippen molar-refractivity contribution in [3.8, 4) is 0 Å². The van der Waals surface area contributed by atoms with Crippen LogP contribution in [0.5, 0.6) is 0 Å². The molecule has 264 valence electrons. The van der Waals surface area contributed by atoms with E-state index < -0.39 is 6.09 Å². The van der Waals surface area contributed by atoms with Crippen molar-refractivity contribution in [1.82, 2.24) is 15.1 Å². The van der Waals surface area contributed by atoms with E-state index in [1.807, 2.05) is 31.2 Å². The SMILES string of the molecule is C=C(/C=C\C=C/C)[C@@H](CN1CC[C@H](OC(=O)NCCOCCOCCOCCOCCOC)C1)N(C)C(=O)Cc1ccc(Cl)c(Cl)c1. The van der Waals surface area contributed by atoms with Crippen LogP contribution in [0.15, 0.2) is 54.7 Å². The summed E-state index contributed by atoms with van der Waals surface area (Å²) in [4.78, 5) is 29.6. The van der Waals surface area contributed by atoms with E-state index in [0.717, 1.165) is 17.7 Å². The highest BCUT2D eigenvalue weighted by molar-refractivity contribution is 6.42. The zero-order valence-electron chi connectivity index (χ0n) is 27.9. The molecule has 13 heteroatoms. The van der Waals surface area contributed by atoms with Crippen LogP contribution in [0.2, 0.25) is 10.0 Å². The highest BCUT2D eigenvalue weighted by atomic mass is 35.5. The summed E-state index contributed by atoms with van der Waals surface area (Å²) < 4.78 is 32.2. The van der Waals surface area contributed by atoms with Crippen LogP contribution in [-0.4, -0.2) is 134 Å². The molecular weight excluding hydrogens is 649 g/mol. The summed E-state index contributed by atoms with van der Waals surface area (Å²) >= 11 is 12.2. The van der Waals surface area contributed by atoms with Gasteiger partial charge in [-0.25, -0.2) is 4.79 Å². The molecule has 1 aromatic carbocycles. The Balaban J connectivity index is 1.68. The minimum atomic E-state index is -0.482. The van der Waals surface area contributed by atoms with E-state index in [1.54, 1.807) is 37.3 Å². The lowest BCUT2D eigenvalue weighted by molar-refractivity contribution is -0.130. The Hall–Kier alpha value is -2.48. The number of carbonyl (C=O) groups excluding carboxylic acids is 2. The van der Waals surface area contributed by atoms with E-state index in [1.165, 1.54) is 0 Å². The van der Waals surface area contributed by atoms with Gasteiger partial charge >= 0.3 is 6.09 Å². The molecule has 0 saturated carbocycles. The Morgan fingerprint density at radius 3 is 2.26 bits per heavy atom. The number of likely N-dealkylation sites (N-methyl/N-ethyl adjacent to an activating group) is 1. The normalized spacial score (nSPS) is 15.8. The predicted octanol–water partition coefficient (Wildman–Crippen LogP) is 4.56. The molecule has 0 radical (unpaired) electrons. The average molecular weight is 701 g/mol. The Morgan fingerprint density at radius 1 is 1.00 bits per heavy atom. The lowest BCUT2D eigenvalue weighted by Crippen LogP contribution is -2.46. The van der Waals surface area contributed by atoms with Gasteiger partial charge in [0, 0.05) is 40.3 Å². The van der Waals surface area contributed by atoms with Gasteiger partial charge in [-0.3, -0.25) is 9.69 Å². The number of benzene rings is 1. The monoisotopic (exact) mass is 699 g/mol. The number of alkyl carbamates (subject to hydrolysis) is 1. The second kappa shape index (κ2) is 24.6. The number of amides is 2. The molecule has 1 heterocycles. The second-order valence-electron chi connectivity index (χ2n) is 10.9. The summed E-state index contributed by atoms with van der Waals surface area (Å²) in [6.07, 6.45) is 7.80. The maximum absolute atomic E-state index is 13.3. The van der Waals surface area contributed by atoms with E-state index >= 15 is 0 Å². The minimum absolute atomic E-state index is 0.0706. The van der Waals surface area contributed by atoms with Crippen LogP contribution in [0, 0.1) is 0 Å². The number of ether oxygens (including phenoxy) is 6. The van der Waals surface area contributed by atoms with Crippen LogP contribution < -0.4 is 5.32 Å². The molecule has 0 aromatic heterocycles. The number of methoxy groups -OCH3 is 1. The summed E-state index contributed by atoms with van der Waals surface area (Å²) in [5, 5.41) is 3.59. The first-order valence-corrected chi connectivity index (χ1v) is 16.6. The van der Waals surface area contributed by atoms with Gasteiger partial charge in [0.1, 0.15) is 6.10 Å². The van der Waals surface area contributed by atoms with Gasteiger partial charge in [0.15, 0.2) is 0 Å². The molecule has 47 heavy (non-hydrogen) atoms. The third-order valence-electron chi connectivity index (χ3n) is 7.24. The Labute approximate surface area is 289 Å². The quantitative estimate of drug-likeness (QED) is 0.123. The summed E-state index contributed by atoms with van der Waals surface area (Å²) in [6, 6.07) is 4.92. The summed E-state index contributed by atoms with van der Waals surface area (Å²) in [5.74, 6) is -0.0706. The van der Waals surface area contributed by atoms with E-state index in [-0.39, 0.29) is 24.5 Å². The molecule has 1 aromatic rings. The fourth-order valence-electron chi connectivity index (χ4n) is 4.64. The molecule has 1 saturated heterocycles. The lowest BCUT2D eigenvalue weighted by atomic mass is 10.0. The predicted molar refractivity (Wildman–Crippen MR) is 184 cm³/mol. The zero-order valence-corrected chi connectivity index (χ0v) is 29.4. The van der Waals surface area contributed by atoms with Crippen LogP contribution in [0.1, 0.15) is 18.9 Å². The molecule has 0 bridgehead atoms.